The van der Waals surface area contributed by atoms with Crippen molar-refractivity contribution >= 4 is 38.7 Å². The van der Waals surface area contributed by atoms with Crippen LogP contribution in [0.25, 0.3) is 10.9 Å². The van der Waals surface area contributed by atoms with Crippen LogP contribution in [0.15, 0.2) is 54.6 Å². The quantitative estimate of drug-likeness (QED) is 0.518. The van der Waals surface area contributed by atoms with E-state index in [0.29, 0.717) is 5.69 Å². The first-order chi connectivity index (χ1) is 17.4. The van der Waals surface area contributed by atoms with Gasteiger partial charge in [0.05, 0.1) is 12.1 Å². The topological polar surface area (TPSA) is 95.5 Å². The fraction of sp³-hybridized carbons (Fsp3) is 0.360. The minimum absolute atomic E-state index is 0.0900. The lowest BCUT2D eigenvalue weighted by Gasteiger charge is -2.36. The van der Waals surface area contributed by atoms with Crippen LogP contribution in [0.3, 0.4) is 0 Å². The maximum Gasteiger partial charge on any atom is 0.423 e. The molecule has 3 fully saturated rings. The molecule has 3 saturated heterocycles. The predicted molar refractivity (Wildman–Crippen MR) is 135 cm³/mol. The number of aryl methyl sites for hydroxylation is 1. The number of carbonyl (C=O) groups is 1. The Labute approximate surface area is 209 Å². The molecule has 0 radical (unpaired) electrons. The van der Waals surface area contributed by atoms with Crippen LogP contribution in [0.4, 0.5) is 16.2 Å². The highest BCUT2D eigenvalue weighted by Crippen LogP contribution is 2.31. The number of piperazine rings is 1. The number of urea groups is 1. The molecule has 0 aliphatic carbocycles. The molecule has 11 heteroatoms. The van der Waals surface area contributed by atoms with Crippen molar-refractivity contribution in [3.8, 4) is 0 Å². The number of hydroxylamine groups is 2. The molecule has 3 aliphatic heterocycles. The summed E-state index contributed by atoms with van der Waals surface area (Å²) in [5, 5.41) is 1.97. The van der Waals surface area contributed by atoms with Crippen LogP contribution < -0.4 is 9.80 Å². The molecule has 1 unspecified atom stereocenters. The molecule has 1 aromatic heterocycles. The third-order valence-electron chi connectivity index (χ3n) is 6.92. The number of aromatic nitrogens is 1. The largest absolute Gasteiger partial charge is 0.423 e. The number of hydrogen-bond acceptors (Lipinski definition) is 8. The van der Waals surface area contributed by atoms with E-state index >= 15 is 0 Å². The minimum Gasteiger partial charge on any atom is -0.368 e. The van der Waals surface area contributed by atoms with Gasteiger partial charge in [-0.1, -0.05) is 18.2 Å². The lowest BCUT2D eigenvalue weighted by Crippen LogP contribution is -2.47. The number of benzene rings is 2. The monoisotopic (exact) mass is 509 g/mol. The first-order valence-corrected chi connectivity index (χ1v) is 13.4. The SMILES string of the molecule is Cc1ccc2c(N3CCN(CCc4cccc(N5CC6OS(=O)(=O)ON6C5=O)c4)CC3)cccc2n1. The van der Waals surface area contributed by atoms with E-state index in [0.717, 1.165) is 61.0 Å². The molecule has 3 aromatic rings. The molecule has 2 aromatic carbocycles. The number of anilines is 2. The van der Waals surface area contributed by atoms with Crippen LogP contribution in [0.1, 0.15) is 11.3 Å². The van der Waals surface area contributed by atoms with Crippen LogP contribution in [0.2, 0.25) is 0 Å². The fourth-order valence-electron chi connectivity index (χ4n) is 5.06. The molecule has 36 heavy (non-hydrogen) atoms. The van der Waals surface area contributed by atoms with E-state index in [9.17, 15) is 13.2 Å². The zero-order chi connectivity index (χ0) is 24.9. The van der Waals surface area contributed by atoms with E-state index in [-0.39, 0.29) is 6.54 Å². The molecular weight excluding hydrogens is 482 g/mol. The van der Waals surface area contributed by atoms with Crippen molar-refractivity contribution in [2.24, 2.45) is 0 Å². The van der Waals surface area contributed by atoms with Gasteiger partial charge in [-0.25, -0.2) is 8.98 Å². The third kappa shape index (κ3) is 4.39. The van der Waals surface area contributed by atoms with Gasteiger partial charge in [0, 0.05) is 55.2 Å². The van der Waals surface area contributed by atoms with E-state index < -0.39 is 22.7 Å². The van der Waals surface area contributed by atoms with Gasteiger partial charge in [-0.05, 0) is 55.3 Å². The van der Waals surface area contributed by atoms with Gasteiger partial charge in [0.25, 0.3) is 0 Å². The molecule has 2 amide bonds. The predicted octanol–water partition coefficient (Wildman–Crippen LogP) is 2.68. The summed E-state index contributed by atoms with van der Waals surface area (Å²) >= 11 is 0. The number of carbonyl (C=O) groups excluding carboxylic acids is 1. The Morgan fingerprint density at radius 2 is 1.83 bits per heavy atom. The smallest absolute Gasteiger partial charge is 0.368 e. The Morgan fingerprint density at radius 1 is 1.03 bits per heavy atom. The van der Waals surface area contributed by atoms with Crippen LogP contribution in [0.5, 0.6) is 0 Å². The van der Waals surface area contributed by atoms with Crippen LogP contribution in [-0.2, 0) is 25.3 Å². The van der Waals surface area contributed by atoms with Crippen molar-refractivity contribution in [1.29, 1.82) is 0 Å². The van der Waals surface area contributed by atoms with E-state index in [1.165, 1.54) is 16.0 Å². The molecule has 1 atom stereocenters. The van der Waals surface area contributed by atoms with Gasteiger partial charge in [-0.3, -0.25) is 14.8 Å². The Kier molecular flexibility index (Phi) is 5.79. The summed E-state index contributed by atoms with van der Waals surface area (Å²) in [4.78, 5) is 23.6. The first-order valence-electron chi connectivity index (χ1n) is 12.0. The molecule has 6 rings (SSSR count). The number of nitrogens with zero attached hydrogens (tertiary/aromatic N) is 5. The first kappa shape index (κ1) is 23.2. The standard InChI is InChI=1S/C25H27N5O5S/c1-18-8-9-21-22(26-18)6-3-7-23(21)28-14-12-27(13-15-28)11-10-19-4-2-5-20(16-19)29-17-24-30(25(29)31)35-36(32,33)34-24/h2-9,16,24H,10-15,17H2,1H3. The number of hydrogen-bond donors (Lipinski definition) is 0. The second kappa shape index (κ2) is 9.00. The number of pyridine rings is 1. The third-order valence-corrected chi connectivity index (χ3v) is 7.72. The van der Waals surface area contributed by atoms with Crippen molar-refractivity contribution in [1.82, 2.24) is 14.9 Å². The van der Waals surface area contributed by atoms with Gasteiger partial charge in [0.1, 0.15) is 0 Å². The van der Waals surface area contributed by atoms with Gasteiger partial charge >= 0.3 is 16.4 Å². The molecule has 0 saturated carbocycles. The normalized spacial score (nSPS) is 22.0. The van der Waals surface area contributed by atoms with Crippen molar-refractivity contribution in [2.45, 2.75) is 19.6 Å². The Hall–Kier alpha value is -3.25. The van der Waals surface area contributed by atoms with Crippen LogP contribution in [-0.4, -0.2) is 74.9 Å². The van der Waals surface area contributed by atoms with Crippen LogP contribution in [0, 0.1) is 6.92 Å². The molecule has 3 aliphatic rings. The Balaban J connectivity index is 1.06. The summed E-state index contributed by atoms with van der Waals surface area (Å²) in [6.07, 6.45) is -0.106. The average Bonchev–Trinajstić information content (AvgIpc) is 3.34. The van der Waals surface area contributed by atoms with Gasteiger partial charge in [-0.2, -0.15) is 8.42 Å². The number of fused-ring (bicyclic) bond motifs is 2. The second-order valence-electron chi connectivity index (χ2n) is 9.30. The summed E-state index contributed by atoms with van der Waals surface area (Å²) in [6.45, 7) is 6.87. The Bertz CT molecular complexity index is 1420. The van der Waals surface area contributed by atoms with Gasteiger partial charge in [0.15, 0.2) is 6.23 Å². The van der Waals surface area contributed by atoms with Gasteiger partial charge in [0.2, 0.25) is 0 Å². The maximum absolute atomic E-state index is 12.6. The Morgan fingerprint density at radius 3 is 2.64 bits per heavy atom. The zero-order valence-electron chi connectivity index (χ0n) is 19.9. The number of amides is 2. The lowest BCUT2D eigenvalue weighted by atomic mass is 10.1. The second-order valence-corrected chi connectivity index (χ2v) is 10.5. The van der Waals surface area contributed by atoms with Crippen molar-refractivity contribution < 1.29 is 21.7 Å². The molecule has 10 nitrogen and oxygen atoms in total. The molecule has 188 valence electrons. The fourth-order valence-corrected chi connectivity index (χ4v) is 5.87. The molecule has 4 heterocycles. The van der Waals surface area contributed by atoms with Crippen molar-refractivity contribution in [3.05, 3.63) is 65.9 Å². The van der Waals surface area contributed by atoms with Gasteiger partial charge in [-0.15, -0.1) is 9.35 Å². The maximum atomic E-state index is 12.6. The highest BCUT2D eigenvalue weighted by atomic mass is 32.3. The molecule has 0 N–H and O–H groups in total. The summed E-state index contributed by atoms with van der Waals surface area (Å²) in [5.41, 5.74) is 5.11. The van der Waals surface area contributed by atoms with Crippen molar-refractivity contribution in [2.75, 3.05) is 49.1 Å². The summed E-state index contributed by atoms with van der Waals surface area (Å²) < 4.78 is 32.3. The highest BCUT2D eigenvalue weighted by Gasteiger charge is 2.50. The molecule has 0 spiro atoms. The lowest BCUT2D eigenvalue weighted by molar-refractivity contribution is -0.0213. The van der Waals surface area contributed by atoms with E-state index in [1.54, 1.807) is 0 Å². The number of rotatable bonds is 5. The van der Waals surface area contributed by atoms with Crippen LogP contribution >= 0.6 is 0 Å². The van der Waals surface area contributed by atoms with Crippen molar-refractivity contribution in [3.63, 3.8) is 0 Å². The zero-order valence-corrected chi connectivity index (χ0v) is 20.7. The summed E-state index contributed by atoms with van der Waals surface area (Å²) in [6, 6.07) is 17.8. The average molecular weight is 510 g/mol. The van der Waals surface area contributed by atoms with Gasteiger partial charge < -0.3 is 4.90 Å². The summed E-state index contributed by atoms with van der Waals surface area (Å²) in [7, 11) is -4.14. The van der Waals surface area contributed by atoms with E-state index in [1.807, 2.05) is 31.2 Å². The molecule has 0 bridgehead atoms. The van der Waals surface area contributed by atoms with E-state index in [2.05, 4.69) is 49.4 Å². The molecular formula is C25H27N5O5S. The highest BCUT2D eigenvalue weighted by molar-refractivity contribution is 7.82. The minimum atomic E-state index is -4.14. The summed E-state index contributed by atoms with van der Waals surface area (Å²) in [5.74, 6) is 0. The van der Waals surface area contributed by atoms with E-state index in [4.69, 9.17) is 4.18 Å².